The summed E-state index contributed by atoms with van der Waals surface area (Å²) in [5.41, 5.74) is 2.17. The molecule has 0 unspecified atom stereocenters. The van der Waals surface area contributed by atoms with Gasteiger partial charge in [0.2, 0.25) is 15.9 Å². The number of methoxy groups -OCH3 is 1. The standard InChI is InChI=1S/C24H35N3O4S/c1-6-27(7-2)17-20-11-9-8-10-19(20)16-25-24(28)23(18(3)4)26-32(29,30)22-14-12-21(31-5)13-15-22/h8-15,18,23,26H,6-7,16-17H2,1-5H3,(H,25,28)/t23-/m0/s1. The van der Waals surface area contributed by atoms with Gasteiger partial charge in [0.15, 0.2) is 0 Å². The van der Waals surface area contributed by atoms with Gasteiger partial charge >= 0.3 is 0 Å². The first-order valence-electron chi connectivity index (χ1n) is 10.9. The van der Waals surface area contributed by atoms with Gasteiger partial charge in [0, 0.05) is 13.1 Å². The van der Waals surface area contributed by atoms with Gasteiger partial charge in [-0.05, 0) is 54.4 Å². The maximum absolute atomic E-state index is 12.9. The molecule has 2 N–H and O–H groups in total. The molecule has 176 valence electrons. The summed E-state index contributed by atoms with van der Waals surface area (Å²) in [5, 5.41) is 2.92. The molecule has 0 aliphatic rings. The van der Waals surface area contributed by atoms with Gasteiger partial charge in [-0.3, -0.25) is 9.69 Å². The van der Waals surface area contributed by atoms with Crippen molar-refractivity contribution in [2.75, 3.05) is 20.2 Å². The van der Waals surface area contributed by atoms with Crippen LogP contribution < -0.4 is 14.8 Å². The normalized spacial score (nSPS) is 12.7. The Morgan fingerprint density at radius 1 is 1.00 bits per heavy atom. The number of carbonyl (C=O) groups excluding carboxylic acids is 1. The van der Waals surface area contributed by atoms with Gasteiger partial charge in [-0.1, -0.05) is 52.0 Å². The quantitative estimate of drug-likeness (QED) is 0.507. The lowest BCUT2D eigenvalue weighted by Crippen LogP contribution is -2.49. The maximum atomic E-state index is 12.9. The van der Waals surface area contributed by atoms with Crippen molar-refractivity contribution >= 4 is 15.9 Å². The summed E-state index contributed by atoms with van der Waals surface area (Å²) in [7, 11) is -2.35. The number of carbonyl (C=O) groups is 1. The number of benzene rings is 2. The van der Waals surface area contributed by atoms with Gasteiger partial charge in [0.25, 0.3) is 0 Å². The fraction of sp³-hybridized carbons (Fsp3) is 0.458. The second kappa shape index (κ2) is 12.0. The van der Waals surface area contributed by atoms with E-state index in [0.717, 1.165) is 30.8 Å². The second-order valence-electron chi connectivity index (χ2n) is 7.97. The van der Waals surface area contributed by atoms with Crippen LogP contribution in [0.3, 0.4) is 0 Å². The molecule has 0 radical (unpaired) electrons. The predicted octanol–water partition coefficient (Wildman–Crippen LogP) is 3.16. The molecule has 2 aromatic rings. The molecule has 2 aromatic carbocycles. The molecule has 8 heteroatoms. The van der Waals surface area contributed by atoms with Gasteiger partial charge in [0.05, 0.1) is 12.0 Å². The average molecular weight is 462 g/mol. The summed E-state index contributed by atoms with van der Waals surface area (Å²) in [6, 6.07) is 13.2. The molecule has 0 heterocycles. The first kappa shape index (κ1) is 25.8. The summed E-state index contributed by atoms with van der Waals surface area (Å²) in [5.74, 6) is -0.0193. The van der Waals surface area contributed by atoms with Gasteiger partial charge in [-0.2, -0.15) is 4.72 Å². The molecule has 0 saturated carbocycles. The van der Waals surface area contributed by atoms with Crippen LogP contribution in [0.1, 0.15) is 38.8 Å². The minimum atomic E-state index is -3.86. The third kappa shape index (κ3) is 7.05. The molecule has 0 saturated heterocycles. The van der Waals surface area contributed by atoms with Gasteiger partial charge < -0.3 is 10.1 Å². The maximum Gasteiger partial charge on any atom is 0.241 e. The fourth-order valence-corrected chi connectivity index (χ4v) is 4.69. The van der Waals surface area contributed by atoms with E-state index >= 15 is 0 Å². The molecule has 1 atom stereocenters. The zero-order valence-electron chi connectivity index (χ0n) is 19.6. The van der Waals surface area contributed by atoms with Gasteiger partial charge in [-0.25, -0.2) is 8.42 Å². The molecule has 0 bridgehead atoms. The topological polar surface area (TPSA) is 87.7 Å². The Morgan fingerprint density at radius 3 is 2.12 bits per heavy atom. The smallest absolute Gasteiger partial charge is 0.241 e. The molecule has 0 aliphatic carbocycles. The highest BCUT2D eigenvalue weighted by molar-refractivity contribution is 7.89. The first-order valence-corrected chi connectivity index (χ1v) is 12.4. The van der Waals surface area contributed by atoms with E-state index in [-0.39, 0.29) is 16.7 Å². The first-order chi connectivity index (χ1) is 15.2. The van der Waals surface area contributed by atoms with Crippen molar-refractivity contribution in [3.63, 3.8) is 0 Å². The number of sulfonamides is 1. The molecule has 0 fully saturated rings. The Hall–Kier alpha value is -2.42. The van der Waals surface area contributed by atoms with Crippen molar-refractivity contribution in [2.45, 2.75) is 51.7 Å². The summed E-state index contributed by atoms with van der Waals surface area (Å²) >= 11 is 0. The Labute approximate surface area is 192 Å². The van der Waals surface area contributed by atoms with E-state index in [9.17, 15) is 13.2 Å². The van der Waals surface area contributed by atoms with Crippen molar-refractivity contribution in [1.82, 2.24) is 14.9 Å². The lowest BCUT2D eigenvalue weighted by Gasteiger charge is -2.23. The third-order valence-corrected chi connectivity index (χ3v) is 6.92. The van der Waals surface area contributed by atoms with Crippen LogP contribution in [0.15, 0.2) is 53.4 Å². The summed E-state index contributed by atoms with van der Waals surface area (Å²) < 4.78 is 33.3. The van der Waals surface area contributed by atoms with Crippen molar-refractivity contribution in [3.8, 4) is 5.75 Å². The van der Waals surface area contributed by atoms with Gasteiger partial charge in [0.1, 0.15) is 11.8 Å². The monoisotopic (exact) mass is 461 g/mol. The Balaban J connectivity index is 2.11. The summed E-state index contributed by atoms with van der Waals surface area (Å²) in [4.78, 5) is 15.3. The van der Waals surface area contributed by atoms with E-state index in [0.29, 0.717) is 12.3 Å². The zero-order valence-corrected chi connectivity index (χ0v) is 20.4. The van der Waals surface area contributed by atoms with E-state index in [1.54, 1.807) is 12.1 Å². The van der Waals surface area contributed by atoms with Crippen LogP contribution in [0.2, 0.25) is 0 Å². The minimum Gasteiger partial charge on any atom is -0.497 e. The van der Waals surface area contributed by atoms with E-state index in [2.05, 4.69) is 34.9 Å². The molecule has 0 aliphatic heterocycles. The van der Waals surface area contributed by atoms with Crippen LogP contribution in [-0.4, -0.2) is 45.5 Å². The number of nitrogens with zero attached hydrogens (tertiary/aromatic N) is 1. The number of ether oxygens (including phenoxy) is 1. The Morgan fingerprint density at radius 2 is 1.59 bits per heavy atom. The van der Waals surface area contributed by atoms with Gasteiger partial charge in [-0.15, -0.1) is 0 Å². The molecular formula is C24H35N3O4S. The molecule has 7 nitrogen and oxygen atoms in total. The number of hydrogen-bond acceptors (Lipinski definition) is 5. The molecule has 0 spiro atoms. The minimum absolute atomic E-state index is 0.0846. The van der Waals surface area contributed by atoms with E-state index in [4.69, 9.17) is 4.74 Å². The average Bonchev–Trinajstić information content (AvgIpc) is 2.79. The number of rotatable bonds is 12. The zero-order chi connectivity index (χ0) is 23.7. The molecule has 1 amide bonds. The van der Waals surface area contributed by atoms with Crippen LogP contribution in [0.25, 0.3) is 0 Å². The van der Waals surface area contributed by atoms with Crippen LogP contribution in [0.5, 0.6) is 5.75 Å². The Bertz CT molecular complexity index is 971. The number of nitrogens with one attached hydrogen (secondary N) is 2. The van der Waals surface area contributed by atoms with Crippen molar-refractivity contribution in [3.05, 3.63) is 59.7 Å². The SMILES string of the molecule is CCN(CC)Cc1ccccc1CNC(=O)[C@@H](NS(=O)(=O)c1ccc(OC)cc1)C(C)C. The van der Waals surface area contributed by atoms with Crippen LogP contribution in [0.4, 0.5) is 0 Å². The van der Waals surface area contributed by atoms with Crippen molar-refractivity contribution < 1.29 is 17.9 Å². The summed E-state index contributed by atoms with van der Waals surface area (Å²) in [6.07, 6.45) is 0. The Kier molecular flexibility index (Phi) is 9.68. The number of amides is 1. The van der Waals surface area contributed by atoms with Crippen molar-refractivity contribution in [2.24, 2.45) is 5.92 Å². The largest absolute Gasteiger partial charge is 0.497 e. The highest BCUT2D eigenvalue weighted by atomic mass is 32.2. The van der Waals surface area contributed by atoms with E-state index < -0.39 is 16.1 Å². The van der Waals surface area contributed by atoms with Crippen LogP contribution in [0, 0.1) is 5.92 Å². The molecule has 0 aromatic heterocycles. The third-order valence-electron chi connectivity index (χ3n) is 5.46. The van der Waals surface area contributed by atoms with Crippen LogP contribution in [-0.2, 0) is 27.9 Å². The highest BCUT2D eigenvalue weighted by Gasteiger charge is 2.28. The molecule has 2 rings (SSSR count). The fourth-order valence-electron chi connectivity index (χ4n) is 3.35. The lowest BCUT2D eigenvalue weighted by atomic mass is 10.0. The predicted molar refractivity (Wildman–Crippen MR) is 127 cm³/mol. The van der Waals surface area contributed by atoms with E-state index in [1.165, 1.54) is 19.2 Å². The van der Waals surface area contributed by atoms with E-state index in [1.807, 2.05) is 32.0 Å². The molecule has 32 heavy (non-hydrogen) atoms. The van der Waals surface area contributed by atoms with Crippen molar-refractivity contribution in [1.29, 1.82) is 0 Å². The molecular weight excluding hydrogens is 426 g/mol. The highest BCUT2D eigenvalue weighted by Crippen LogP contribution is 2.17. The number of hydrogen-bond donors (Lipinski definition) is 2. The lowest BCUT2D eigenvalue weighted by molar-refractivity contribution is -0.123. The summed E-state index contributed by atoms with van der Waals surface area (Å²) in [6.45, 7) is 10.9. The van der Waals surface area contributed by atoms with Crippen LogP contribution >= 0.6 is 0 Å². The second-order valence-corrected chi connectivity index (χ2v) is 9.68.